The molecular formula is C86H78N4O4. The van der Waals surface area contributed by atoms with E-state index in [-0.39, 0.29) is 0 Å². The second-order valence-corrected chi connectivity index (χ2v) is 24.7. The van der Waals surface area contributed by atoms with Gasteiger partial charge in [-0.1, -0.05) is 146 Å². The maximum atomic E-state index is 5.88. The van der Waals surface area contributed by atoms with Crippen LogP contribution in [0.5, 0.6) is 23.0 Å². The summed E-state index contributed by atoms with van der Waals surface area (Å²) < 4.78 is 23.5. The molecule has 0 atom stereocenters. The van der Waals surface area contributed by atoms with Gasteiger partial charge >= 0.3 is 0 Å². The quantitative estimate of drug-likeness (QED) is 0.0887. The van der Waals surface area contributed by atoms with Gasteiger partial charge < -0.3 is 38.5 Å². The normalized spacial score (nSPS) is 11.2. The molecule has 0 radical (unpaired) electrons. The fraction of sp³-hybridized carbons (Fsp3) is 0.140. The first-order valence-electron chi connectivity index (χ1n) is 31.8. The number of rotatable bonds is 16. The Hall–Kier alpha value is -11.2. The van der Waals surface area contributed by atoms with E-state index in [9.17, 15) is 0 Å². The van der Waals surface area contributed by atoms with Crippen LogP contribution in [-0.4, -0.2) is 84.8 Å². The number of fused-ring (bicyclic) bond motifs is 4. The van der Waals surface area contributed by atoms with Gasteiger partial charge in [-0.05, 0) is 240 Å². The fourth-order valence-corrected chi connectivity index (χ4v) is 13.5. The van der Waals surface area contributed by atoms with Gasteiger partial charge in [-0.15, -0.1) is 0 Å². The van der Waals surface area contributed by atoms with E-state index in [4.69, 9.17) is 18.9 Å². The highest BCUT2D eigenvalue weighted by Gasteiger charge is 2.23. The van der Waals surface area contributed by atoms with Crippen molar-refractivity contribution in [3.8, 4) is 23.0 Å². The van der Waals surface area contributed by atoms with Gasteiger partial charge in [-0.3, -0.25) is 0 Å². The van der Waals surface area contributed by atoms with Gasteiger partial charge in [0.15, 0.2) is 0 Å². The van der Waals surface area contributed by atoms with Crippen molar-refractivity contribution in [3.05, 3.63) is 320 Å². The van der Waals surface area contributed by atoms with Crippen molar-refractivity contribution in [2.24, 2.45) is 0 Å². The first-order valence-corrected chi connectivity index (χ1v) is 31.8. The van der Waals surface area contributed by atoms with Gasteiger partial charge in [0, 0.05) is 79.1 Å². The Morgan fingerprint density at radius 2 is 0.362 bits per heavy atom. The topological polar surface area (TPSA) is 49.9 Å². The molecule has 466 valence electrons. The molecule has 0 unspecified atom stereocenters. The van der Waals surface area contributed by atoms with E-state index in [1.165, 1.54) is 0 Å². The van der Waals surface area contributed by atoms with E-state index in [2.05, 4.69) is 331 Å². The van der Waals surface area contributed by atoms with Crippen LogP contribution >= 0.6 is 0 Å². The summed E-state index contributed by atoms with van der Waals surface area (Å²) >= 11 is 0. The van der Waals surface area contributed by atoms with E-state index in [1.807, 2.05) is 0 Å². The summed E-state index contributed by atoms with van der Waals surface area (Å²) in [5, 5.41) is 13.2. The number of hydrogen-bond acceptors (Lipinski definition) is 8. The zero-order valence-electron chi connectivity index (χ0n) is 55.7. The van der Waals surface area contributed by atoms with Crippen LogP contribution < -0.4 is 59.4 Å². The lowest BCUT2D eigenvalue weighted by Crippen LogP contribution is -2.24. The van der Waals surface area contributed by atoms with Gasteiger partial charge in [0.05, 0.1) is 28.4 Å². The number of methoxy groups -OCH3 is 4. The van der Waals surface area contributed by atoms with Crippen LogP contribution in [0.15, 0.2) is 255 Å². The molecule has 13 rings (SSSR count). The van der Waals surface area contributed by atoms with Crippen molar-refractivity contribution in [2.75, 3.05) is 104 Å². The summed E-state index contributed by atoms with van der Waals surface area (Å²) in [6.45, 7) is 0. The lowest BCUT2D eigenvalue weighted by molar-refractivity contribution is 0.414. The number of benzene rings is 13. The van der Waals surface area contributed by atoms with Crippen molar-refractivity contribution in [1.82, 2.24) is 0 Å². The molecule has 0 aliphatic heterocycles. The highest BCUT2D eigenvalue weighted by Crippen LogP contribution is 2.36. The standard InChI is InChI=1S/C86H78N4O4/c1-87(2)63-37-21-55(22-38-63)79(56-23-39-64(40-24-56)88(3)4)83-71-17-13-14-18-72(71)84(80(57-25-41-65(42-26-57)89(5)6)58-27-43-66(44-28-58)90(7)8)76-54-78-77(53-75(76)83)85(81(59-29-45-67(91-9)46-30-59)60-31-47-68(92-10)48-32-60)73-19-15-16-20-74(73)86(78)82(61-33-49-69(93-11)50-34-61)62-35-51-70(94-12)52-36-62/h13-54H,1-12H3. The van der Waals surface area contributed by atoms with Gasteiger partial charge in [0.1, 0.15) is 23.0 Å². The molecule has 0 heterocycles. The number of nitrogens with zero attached hydrogens (tertiary/aromatic N) is 4. The Kier molecular flexibility index (Phi) is 17.2. The average molecular weight is 1230 g/mol. The summed E-state index contributed by atoms with van der Waals surface area (Å²) in [5.74, 6) is 3.10. The molecule has 0 N–H and O–H groups in total. The molecule has 0 aliphatic rings. The first kappa shape index (κ1) is 61.6. The third-order valence-corrected chi connectivity index (χ3v) is 18.4. The van der Waals surface area contributed by atoms with Crippen molar-refractivity contribution in [3.63, 3.8) is 0 Å². The predicted molar refractivity (Wildman–Crippen MR) is 396 cm³/mol. The minimum atomic E-state index is 0.774. The zero-order valence-corrected chi connectivity index (χ0v) is 55.7. The van der Waals surface area contributed by atoms with Gasteiger partial charge in [-0.2, -0.15) is 0 Å². The Balaban J connectivity index is 1.42. The SMILES string of the molecule is COc1ccc(C(c2ccc(OC)cc2)=c2c3ccccc3c(=C(c3ccc(OC)cc3)c3ccc(OC)cc3)c3cc4c(=C(c5ccc(N(C)C)cc5)c5ccc(N(C)C)cc5)c5ccccc5c(=C(c5ccc(N(C)C)cc5)c5ccc(N(C)C)cc5)c4cc23)cc1. The van der Waals surface area contributed by atoms with Crippen LogP contribution in [0, 0.1) is 0 Å². The molecule has 0 saturated heterocycles. The van der Waals surface area contributed by atoms with Gasteiger partial charge in [-0.25, -0.2) is 0 Å². The van der Waals surface area contributed by atoms with Crippen molar-refractivity contribution in [2.45, 2.75) is 0 Å². The molecule has 0 amide bonds. The zero-order chi connectivity index (χ0) is 65.3. The third kappa shape index (κ3) is 11.6. The van der Waals surface area contributed by atoms with Gasteiger partial charge in [0.2, 0.25) is 0 Å². The minimum absolute atomic E-state index is 0.774. The van der Waals surface area contributed by atoms with Gasteiger partial charge in [0.25, 0.3) is 0 Å². The summed E-state index contributed by atoms with van der Waals surface area (Å²) in [6.07, 6.45) is 0. The number of hydrogen-bond donors (Lipinski definition) is 0. The number of anilines is 4. The Labute approximate surface area is 551 Å². The van der Waals surface area contributed by atoms with Crippen LogP contribution in [0.2, 0.25) is 0 Å². The summed E-state index contributed by atoms with van der Waals surface area (Å²) in [4.78, 5) is 8.67. The van der Waals surface area contributed by atoms with Crippen LogP contribution in [0.25, 0.3) is 65.4 Å². The predicted octanol–water partition coefficient (Wildman–Crippen LogP) is 15.6. The first-order chi connectivity index (χ1) is 45.7. The van der Waals surface area contributed by atoms with E-state index < -0.39 is 0 Å². The molecule has 13 aromatic rings. The lowest BCUT2D eigenvalue weighted by Gasteiger charge is -2.21. The van der Waals surface area contributed by atoms with Crippen LogP contribution in [0.1, 0.15) is 44.5 Å². The van der Waals surface area contributed by atoms with Crippen molar-refractivity contribution >= 4 is 88.1 Å². The molecular weight excluding hydrogens is 1150 g/mol. The molecule has 0 fully saturated rings. The highest BCUT2D eigenvalue weighted by atomic mass is 16.5. The summed E-state index contributed by atoms with van der Waals surface area (Å²) in [7, 11) is 23.7. The molecule has 0 spiro atoms. The molecule has 13 aromatic carbocycles. The van der Waals surface area contributed by atoms with E-state index in [0.29, 0.717) is 0 Å². The van der Waals surface area contributed by atoms with Crippen LogP contribution in [-0.2, 0) is 0 Å². The van der Waals surface area contributed by atoms with E-state index >= 15 is 0 Å². The maximum absolute atomic E-state index is 5.88. The van der Waals surface area contributed by atoms with E-state index in [1.54, 1.807) is 28.4 Å². The second kappa shape index (κ2) is 26.2. The minimum Gasteiger partial charge on any atom is -0.497 e. The largest absolute Gasteiger partial charge is 0.497 e. The Morgan fingerprint density at radius 1 is 0.202 bits per heavy atom. The molecule has 0 saturated carbocycles. The molecule has 0 bridgehead atoms. The molecule has 8 nitrogen and oxygen atoms in total. The highest BCUT2D eigenvalue weighted by molar-refractivity contribution is 6.15. The third-order valence-electron chi connectivity index (χ3n) is 18.4. The van der Waals surface area contributed by atoms with Crippen LogP contribution in [0.3, 0.4) is 0 Å². The molecule has 0 aliphatic carbocycles. The summed E-state index contributed by atoms with van der Waals surface area (Å²) in [5.41, 5.74) is 17.4. The van der Waals surface area contributed by atoms with Crippen molar-refractivity contribution < 1.29 is 18.9 Å². The monoisotopic (exact) mass is 1230 g/mol. The Bertz CT molecular complexity index is 4680. The molecule has 0 aromatic heterocycles. The second-order valence-electron chi connectivity index (χ2n) is 24.7. The number of ether oxygens (including phenoxy) is 4. The molecule has 94 heavy (non-hydrogen) atoms. The smallest absolute Gasteiger partial charge is 0.118 e. The Morgan fingerprint density at radius 3 is 0.511 bits per heavy atom. The van der Waals surface area contributed by atoms with Crippen LogP contribution in [0.4, 0.5) is 22.7 Å². The van der Waals surface area contributed by atoms with Crippen molar-refractivity contribution in [1.29, 1.82) is 0 Å². The lowest BCUT2D eigenvalue weighted by atomic mass is 9.82. The maximum Gasteiger partial charge on any atom is 0.118 e. The average Bonchev–Trinajstić information content (AvgIpc) is 0.702. The van der Waals surface area contributed by atoms with E-state index in [0.717, 1.165) is 177 Å². The fourth-order valence-electron chi connectivity index (χ4n) is 13.5. The summed E-state index contributed by atoms with van der Waals surface area (Å²) in [6, 6.07) is 93.7. The molecule has 8 heteroatoms.